The van der Waals surface area contributed by atoms with Gasteiger partial charge in [0, 0.05) is 18.5 Å². The molecular weight excluding hydrogens is 402 g/mol. The molecule has 0 unspecified atom stereocenters. The normalized spacial score (nSPS) is 10.9. The molecule has 136 valence electrons. The fraction of sp³-hybridized carbons (Fsp3) is 0.105. The lowest BCUT2D eigenvalue weighted by molar-refractivity contribution is 0.0989. The van der Waals surface area contributed by atoms with Crippen molar-refractivity contribution in [2.24, 2.45) is 0 Å². The van der Waals surface area contributed by atoms with E-state index in [1.165, 1.54) is 22.7 Å². The van der Waals surface area contributed by atoms with Crippen LogP contribution in [-0.4, -0.2) is 23.0 Å². The Morgan fingerprint density at radius 2 is 2.11 bits per heavy atom. The molecule has 0 N–H and O–H groups in total. The number of fused-ring (bicyclic) bond motifs is 1. The fourth-order valence-corrected chi connectivity index (χ4v) is 4.54. The van der Waals surface area contributed by atoms with Crippen LogP contribution in [0.1, 0.15) is 15.2 Å². The maximum Gasteiger partial charge on any atom is 0.270 e. The smallest absolute Gasteiger partial charge is 0.270 e. The third-order valence-electron chi connectivity index (χ3n) is 3.91. The van der Waals surface area contributed by atoms with Crippen LogP contribution in [0.5, 0.6) is 5.75 Å². The van der Waals surface area contributed by atoms with Gasteiger partial charge in [0.2, 0.25) is 0 Å². The summed E-state index contributed by atoms with van der Waals surface area (Å²) in [5, 5.41) is 0.622. The number of pyridine rings is 1. The van der Waals surface area contributed by atoms with Crippen molar-refractivity contribution < 1.29 is 9.53 Å². The van der Waals surface area contributed by atoms with E-state index in [1.54, 1.807) is 36.5 Å². The van der Waals surface area contributed by atoms with Crippen molar-refractivity contribution in [1.29, 1.82) is 0 Å². The minimum absolute atomic E-state index is 0.137. The van der Waals surface area contributed by atoms with Gasteiger partial charge in [0.15, 0.2) is 5.13 Å². The largest absolute Gasteiger partial charge is 0.497 e. The Kier molecular flexibility index (Phi) is 5.07. The zero-order valence-corrected chi connectivity index (χ0v) is 16.6. The van der Waals surface area contributed by atoms with Crippen molar-refractivity contribution in [3.63, 3.8) is 0 Å². The topological polar surface area (TPSA) is 55.3 Å². The van der Waals surface area contributed by atoms with Crippen molar-refractivity contribution >= 4 is 55.5 Å². The molecule has 0 bridgehead atoms. The molecule has 0 saturated heterocycles. The number of hydrogen-bond acceptors (Lipinski definition) is 6. The highest BCUT2D eigenvalue weighted by Crippen LogP contribution is 2.33. The number of carbonyl (C=O) groups is 1. The predicted octanol–water partition coefficient (Wildman–Crippen LogP) is 5.26. The number of hydrogen-bond donors (Lipinski definition) is 0. The van der Waals surface area contributed by atoms with Gasteiger partial charge in [-0.2, -0.15) is 0 Å². The van der Waals surface area contributed by atoms with Crippen molar-refractivity contribution in [3.05, 3.63) is 69.6 Å². The molecule has 8 heteroatoms. The molecule has 0 saturated carbocycles. The summed E-state index contributed by atoms with van der Waals surface area (Å²) in [5.74, 6) is 0.594. The number of halogens is 1. The van der Waals surface area contributed by atoms with Crippen molar-refractivity contribution in [2.45, 2.75) is 6.54 Å². The van der Waals surface area contributed by atoms with Crippen LogP contribution in [0.3, 0.4) is 0 Å². The number of benzene rings is 1. The summed E-state index contributed by atoms with van der Waals surface area (Å²) in [6, 6.07) is 13.0. The molecule has 1 amide bonds. The Labute approximate surface area is 168 Å². The number of nitrogens with zero attached hydrogens (tertiary/aromatic N) is 3. The van der Waals surface area contributed by atoms with Gasteiger partial charge in [-0.3, -0.25) is 14.7 Å². The molecule has 5 nitrogen and oxygen atoms in total. The lowest BCUT2D eigenvalue weighted by atomic mass is 10.2. The molecule has 3 heterocycles. The van der Waals surface area contributed by atoms with E-state index in [9.17, 15) is 4.79 Å². The number of thiophene rings is 1. The van der Waals surface area contributed by atoms with Crippen molar-refractivity contribution in [1.82, 2.24) is 9.97 Å². The van der Waals surface area contributed by atoms with Gasteiger partial charge in [0.05, 0.1) is 33.1 Å². The molecule has 4 aromatic rings. The van der Waals surface area contributed by atoms with E-state index >= 15 is 0 Å². The first kappa shape index (κ1) is 17.9. The first-order chi connectivity index (χ1) is 13.1. The summed E-state index contributed by atoms with van der Waals surface area (Å²) in [6.45, 7) is 0.374. The van der Waals surface area contributed by atoms with Crippen LogP contribution >= 0.6 is 34.3 Å². The summed E-state index contributed by atoms with van der Waals surface area (Å²) >= 11 is 8.74. The zero-order chi connectivity index (χ0) is 18.8. The summed E-state index contributed by atoms with van der Waals surface area (Å²) in [4.78, 5) is 24.2. The fourth-order valence-electron chi connectivity index (χ4n) is 2.60. The van der Waals surface area contributed by atoms with E-state index < -0.39 is 0 Å². The van der Waals surface area contributed by atoms with Gasteiger partial charge in [-0.05, 0) is 35.9 Å². The highest BCUT2D eigenvalue weighted by atomic mass is 35.5. The van der Waals surface area contributed by atoms with Crippen molar-refractivity contribution in [2.75, 3.05) is 12.0 Å². The van der Waals surface area contributed by atoms with Gasteiger partial charge in [-0.15, -0.1) is 11.3 Å². The summed E-state index contributed by atoms with van der Waals surface area (Å²) in [6.07, 6.45) is 3.46. The SMILES string of the molecule is COc1ccc2sc(N(Cc3cccnc3)C(=O)c3ccc(Cl)s3)nc2c1. The van der Waals surface area contributed by atoms with Gasteiger partial charge in [-0.25, -0.2) is 4.98 Å². The van der Waals surface area contributed by atoms with Crippen molar-refractivity contribution in [3.8, 4) is 5.75 Å². The van der Waals surface area contributed by atoms with Gasteiger partial charge < -0.3 is 4.74 Å². The Hall–Kier alpha value is -2.48. The van der Waals surface area contributed by atoms with Gasteiger partial charge >= 0.3 is 0 Å². The number of carbonyl (C=O) groups excluding carboxylic acids is 1. The van der Waals surface area contributed by atoms with Crippen LogP contribution < -0.4 is 9.64 Å². The molecule has 4 rings (SSSR count). The number of anilines is 1. The van der Waals surface area contributed by atoms with Crippen LogP contribution in [0.25, 0.3) is 10.2 Å². The highest BCUT2D eigenvalue weighted by molar-refractivity contribution is 7.22. The quantitative estimate of drug-likeness (QED) is 0.446. The molecular formula is C19H14ClN3O2S2. The maximum atomic E-state index is 13.2. The van der Waals surface area contributed by atoms with E-state index in [4.69, 9.17) is 16.3 Å². The summed E-state index contributed by atoms with van der Waals surface area (Å²) < 4.78 is 6.83. The lowest BCUT2D eigenvalue weighted by Gasteiger charge is -2.19. The van der Waals surface area contributed by atoms with E-state index in [0.717, 1.165) is 21.5 Å². The van der Waals surface area contributed by atoms with E-state index in [2.05, 4.69) is 9.97 Å². The molecule has 3 aromatic heterocycles. The van der Waals surface area contributed by atoms with Gasteiger partial charge in [0.1, 0.15) is 5.75 Å². The number of ether oxygens (including phenoxy) is 1. The highest BCUT2D eigenvalue weighted by Gasteiger charge is 2.23. The lowest BCUT2D eigenvalue weighted by Crippen LogP contribution is -2.29. The van der Waals surface area contributed by atoms with Crippen LogP contribution in [0, 0.1) is 0 Å². The number of methoxy groups -OCH3 is 1. The molecule has 0 aliphatic carbocycles. The molecule has 0 fully saturated rings. The molecule has 0 radical (unpaired) electrons. The maximum absolute atomic E-state index is 13.2. The Bertz CT molecular complexity index is 1090. The van der Waals surface area contributed by atoms with Gasteiger partial charge in [0.25, 0.3) is 5.91 Å². The number of aromatic nitrogens is 2. The second-order valence-electron chi connectivity index (χ2n) is 5.69. The number of thiazole rings is 1. The first-order valence-corrected chi connectivity index (χ1v) is 10.1. The number of rotatable bonds is 5. The zero-order valence-electron chi connectivity index (χ0n) is 14.3. The standard InChI is InChI=1S/C19H14ClN3O2S2/c1-25-13-4-5-15-14(9-13)22-19(27-15)23(11-12-3-2-8-21-10-12)18(24)16-6-7-17(20)26-16/h2-10H,11H2,1H3. The second kappa shape index (κ2) is 7.64. The minimum atomic E-state index is -0.137. The first-order valence-electron chi connectivity index (χ1n) is 8.05. The molecule has 0 atom stereocenters. The minimum Gasteiger partial charge on any atom is -0.497 e. The van der Waals surface area contributed by atoms with Crippen LogP contribution in [-0.2, 0) is 6.54 Å². The Morgan fingerprint density at radius 3 is 2.81 bits per heavy atom. The van der Waals surface area contributed by atoms with E-state index in [-0.39, 0.29) is 5.91 Å². The monoisotopic (exact) mass is 415 g/mol. The Morgan fingerprint density at radius 1 is 1.22 bits per heavy atom. The molecule has 0 aliphatic heterocycles. The van der Waals surface area contributed by atoms with Gasteiger partial charge in [-0.1, -0.05) is 29.0 Å². The average molecular weight is 416 g/mol. The average Bonchev–Trinajstić information content (AvgIpc) is 3.31. The molecule has 1 aromatic carbocycles. The van der Waals surface area contributed by atoms with Crippen LogP contribution in [0.15, 0.2) is 54.9 Å². The molecule has 27 heavy (non-hydrogen) atoms. The van der Waals surface area contributed by atoms with Crippen LogP contribution in [0.4, 0.5) is 5.13 Å². The van der Waals surface area contributed by atoms with E-state index in [1.807, 2.05) is 30.3 Å². The summed E-state index contributed by atoms with van der Waals surface area (Å²) in [5.41, 5.74) is 1.72. The Balaban J connectivity index is 1.75. The second-order valence-corrected chi connectivity index (χ2v) is 8.41. The van der Waals surface area contributed by atoms with Crippen LogP contribution in [0.2, 0.25) is 4.34 Å². The predicted molar refractivity (Wildman–Crippen MR) is 110 cm³/mol. The number of amides is 1. The van der Waals surface area contributed by atoms with E-state index in [0.29, 0.717) is 20.9 Å². The third kappa shape index (κ3) is 3.80. The third-order valence-corrected chi connectivity index (χ3v) is 6.19. The molecule has 0 spiro atoms. The molecule has 0 aliphatic rings. The summed E-state index contributed by atoms with van der Waals surface area (Å²) in [7, 11) is 1.62.